The van der Waals surface area contributed by atoms with Crippen LogP contribution in [-0.4, -0.2) is 60.5 Å². The van der Waals surface area contributed by atoms with Gasteiger partial charge in [0.05, 0.1) is 41.6 Å². The van der Waals surface area contributed by atoms with E-state index in [1.54, 1.807) is 61.0 Å². The van der Waals surface area contributed by atoms with Crippen molar-refractivity contribution in [2.24, 2.45) is 9.98 Å². The molecular formula is C23H40N7NiO18Tb+2. The van der Waals surface area contributed by atoms with Gasteiger partial charge in [-0.2, -0.15) is 10.5 Å². The van der Waals surface area contributed by atoms with Gasteiger partial charge in [-0.15, -0.1) is 0 Å². The molecule has 0 aromatic heterocycles. The topological polar surface area (TPSA) is 499 Å². The fourth-order valence-corrected chi connectivity index (χ4v) is 2.17. The molecule has 2 rings (SSSR count). The monoisotopic (exact) mass is 919 g/mol. The van der Waals surface area contributed by atoms with Gasteiger partial charge < -0.3 is 93.0 Å². The number of para-hydroxylation sites is 2. The van der Waals surface area contributed by atoms with Crippen LogP contribution in [0.25, 0.3) is 0 Å². The van der Waals surface area contributed by atoms with Crippen molar-refractivity contribution >= 4 is 12.4 Å². The molecule has 2 aromatic carbocycles. The number of ether oxygens (including phenoxy) is 2. The van der Waals surface area contributed by atoms with E-state index in [1.165, 1.54) is 28.1 Å². The molecule has 0 heterocycles. The molecule has 0 bridgehead atoms. The van der Waals surface area contributed by atoms with Crippen LogP contribution >= 0.6 is 0 Å². The summed E-state index contributed by atoms with van der Waals surface area (Å²) in [4.78, 5) is 33.2. The molecule has 0 aliphatic rings. The van der Waals surface area contributed by atoms with Crippen LogP contribution in [0.4, 0.5) is 0 Å². The second-order valence-corrected chi connectivity index (χ2v) is 6.30. The molecule has 27 heteroatoms. The van der Waals surface area contributed by atoms with Crippen LogP contribution in [0.5, 0.6) is 23.0 Å². The predicted molar refractivity (Wildman–Crippen MR) is 171 cm³/mol. The van der Waals surface area contributed by atoms with Crippen molar-refractivity contribution in [1.82, 2.24) is 0 Å². The third-order valence-corrected chi connectivity index (χ3v) is 3.49. The minimum absolute atomic E-state index is 0. The average molecular weight is 920 g/mol. The second kappa shape index (κ2) is 53.6. The van der Waals surface area contributed by atoms with Gasteiger partial charge in [0.25, 0.3) is 0 Å². The molecule has 292 valence electrons. The molecule has 0 aliphatic carbocycles. The van der Waals surface area contributed by atoms with E-state index in [4.69, 9.17) is 66.0 Å². The Kier molecular flexibility index (Phi) is 80.9. The summed E-state index contributed by atoms with van der Waals surface area (Å²) in [6.07, 6.45) is 3.81. The maximum Gasteiger partial charge on any atom is 3.00 e. The SMILES string of the molecule is CC#N.CC#N.COc1cccc(C=NCCCN=Cc2cccc(OC)c2[O-])c1[O-].O.O=[N+]([O-])[O-].O=[N+]([O-])[O-].O=[N+]([O-])[O-].[Ni+3].[OH3+].[OH3+].[OH3+].[OH3+].[Tb]. The number of aliphatic imine (C=N–C) groups is 2. The molecule has 0 saturated carbocycles. The summed E-state index contributed by atoms with van der Waals surface area (Å²) in [6.45, 7) is 3.94. The first kappa shape index (κ1) is 75.5. The Labute approximate surface area is 325 Å². The first-order valence-corrected chi connectivity index (χ1v) is 10.9. The van der Waals surface area contributed by atoms with Crippen LogP contribution in [0.15, 0.2) is 46.4 Å². The van der Waals surface area contributed by atoms with E-state index in [0.29, 0.717) is 42.1 Å². The van der Waals surface area contributed by atoms with Crippen molar-refractivity contribution in [1.29, 1.82) is 10.5 Å². The van der Waals surface area contributed by atoms with E-state index in [1.807, 2.05) is 0 Å². The number of benzene rings is 2. The van der Waals surface area contributed by atoms with E-state index in [-0.39, 0.29) is 94.0 Å². The van der Waals surface area contributed by atoms with Gasteiger partial charge in [0, 0.05) is 78.0 Å². The zero-order valence-electron chi connectivity index (χ0n) is 26.6. The third-order valence-electron chi connectivity index (χ3n) is 3.49. The number of hydrogen-bond donors (Lipinski definition) is 0. The first-order valence-electron chi connectivity index (χ1n) is 10.9. The minimum Gasteiger partial charge on any atom is -0.870 e. The maximum absolute atomic E-state index is 11.9. The zero-order valence-corrected chi connectivity index (χ0v) is 29.8. The van der Waals surface area contributed by atoms with Gasteiger partial charge in [0.1, 0.15) is 11.5 Å². The van der Waals surface area contributed by atoms with E-state index in [0.717, 1.165) is 0 Å². The van der Waals surface area contributed by atoms with E-state index in [9.17, 15) is 10.2 Å². The van der Waals surface area contributed by atoms with Crippen molar-refractivity contribution in [3.05, 3.63) is 93.5 Å². The molecular weight excluding hydrogens is 880 g/mol. The van der Waals surface area contributed by atoms with Crippen LogP contribution in [0.1, 0.15) is 31.4 Å². The summed E-state index contributed by atoms with van der Waals surface area (Å²) < 4.78 is 9.97. The van der Waals surface area contributed by atoms with Gasteiger partial charge in [-0.1, -0.05) is 35.8 Å². The molecule has 0 saturated heterocycles. The molecule has 0 aliphatic heterocycles. The van der Waals surface area contributed by atoms with E-state index in [2.05, 4.69) is 9.98 Å². The standard InChI is InChI=1S/C19H22N2O4.2C2H3N.3NO3.Ni.5H2O.Tb/c1-24-16-8-3-6-14(18(16)22)12-20-10-5-11-21-13-15-7-4-9-17(25-2)19(15)23;2*1-2-3;3*2-1(3)4;;;;;;;/h3-4,6-9,12-13,22-23H,5,10-11H2,1-2H3;2*1H3;;;;;5*1H2;/q;;;3*-1;+3;;;;;;/p+2. The van der Waals surface area contributed by atoms with Crippen molar-refractivity contribution in [2.75, 3.05) is 27.3 Å². The fourth-order valence-electron chi connectivity index (χ4n) is 2.17. The smallest absolute Gasteiger partial charge is 0.870 e. The molecule has 14 N–H and O–H groups in total. The van der Waals surface area contributed by atoms with Gasteiger partial charge in [-0.3, -0.25) is 9.98 Å². The van der Waals surface area contributed by atoms with Crippen molar-refractivity contribution in [3.8, 4) is 35.1 Å². The molecule has 0 atom stereocenters. The molecule has 0 unspecified atom stereocenters. The predicted octanol–water partition coefficient (Wildman–Crippen LogP) is -2.39. The van der Waals surface area contributed by atoms with Crippen molar-refractivity contribution in [3.63, 3.8) is 0 Å². The van der Waals surface area contributed by atoms with Crippen LogP contribution < -0.4 is 19.7 Å². The van der Waals surface area contributed by atoms with E-state index >= 15 is 0 Å². The fraction of sp³-hybridized carbons (Fsp3) is 0.304. The van der Waals surface area contributed by atoms with Gasteiger partial charge in [-0.05, 0) is 29.7 Å². The van der Waals surface area contributed by atoms with Crippen LogP contribution in [0.3, 0.4) is 0 Å². The van der Waals surface area contributed by atoms with Crippen LogP contribution in [0.2, 0.25) is 0 Å². The second-order valence-electron chi connectivity index (χ2n) is 6.30. The summed E-state index contributed by atoms with van der Waals surface area (Å²) in [5.74, 6) is 0.265. The molecule has 25 nitrogen and oxygen atoms in total. The van der Waals surface area contributed by atoms with Gasteiger partial charge in [-0.25, -0.2) is 0 Å². The number of nitriles is 2. The van der Waals surface area contributed by atoms with Gasteiger partial charge in [0.15, 0.2) is 0 Å². The maximum atomic E-state index is 11.9. The Hall–Kier alpha value is -4.86. The quantitative estimate of drug-likeness (QED) is 0.0666. The van der Waals surface area contributed by atoms with Crippen molar-refractivity contribution in [2.45, 2.75) is 20.3 Å². The number of methoxy groups -OCH3 is 2. The first-order chi connectivity index (χ1) is 20.2. The van der Waals surface area contributed by atoms with Gasteiger partial charge in [0.2, 0.25) is 0 Å². The summed E-state index contributed by atoms with van der Waals surface area (Å²) in [5.41, 5.74) is 0.991. The minimum atomic E-state index is -1.75. The molecule has 0 spiro atoms. The van der Waals surface area contributed by atoms with Crippen LogP contribution in [0, 0.1) is 107 Å². The van der Waals surface area contributed by atoms with E-state index < -0.39 is 15.3 Å². The third kappa shape index (κ3) is 55.5. The molecule has 0 fully saturated rings. The molecule has 50 heavy (non-hydrogen) atoms. The molecule has 0 amide bonds. The Morgan fingerprint density at radius 3 is 1.10 bits per heavy atom. The summed E-state index contributed by atoms with van der Waals surface area (Å²) in [5, 5.41) is 82.7. The number of rotatable bonds is 8. The average Bonchev–Trinajstić information content (AvgIpc) is 2.90. The van der Waals surface area contributed by atoms with Crippen molar-refractivity contribution < 1.29 is 117 Å². The number of hydrogen-bond acceptors (Lipinski definition) is 17. The summed E-state index contributed by atoms with van der Waals surface area (Å²) in [7, 11) is 2.93. The normalized spacial score (nSPS) is 7.40. The Balaban J connectivity index is -0.0000000572. The largest absolute Gasteiger partial charge is 3.00 e. The molecule has 2 aromatic rings. The summed E-state index contributed by atoms with van der Waals surface area (Å²) in [6, 6.07) is 13.6. The Morgan fingerprint density at radius 1 is 0.680 bits per heavy atom. The Bertz CT molecular complexity index is 1130. The summed E-state index contributed by atoms with van der Waals surface area (Å²) >= 11 is 0. The number of nitrogens with zero attached hydrogens (tertiary/aromatic N) is 7. The van der Waals surface area contributed by atoms with Crippen LogP contribution in [-0.2, 0) is 38.4 Å². The van der Waals surface area contributed by atoms with Gasteiger partial charge >= 0.3 is 16.5 Å². The zero-order chi connectivity index (χ0) is 34.2. The Morgan fingerprint density at radius 2 is 0.900 bits per heavy atom. The molecule has 2 radical (unpaired) electrons.